The Labute approximate surface area is 91.5 Å². The van der Waals surface area contributed by atoms with Crippen LogP contribution in [0.15, 0.2) is 24.3 Å². The molecule has 0 saturated heterocycles. The summed E-state index contributed by atoms with van der Waals surface area (Å²) in [7, 11) is 0. The zero-order valence-electron chi connectivity index (χ0n) is 8.11. The standard InChI is InChI=1S/C10H9ClFN3/c1-7-10(6-11)13-14-15(7)9-4-2-8(12)3-5-9/h2-5H,6H2,1H3. The van der Waals surface area contributed by atoms with Crippen LogP contribution < -0.4 is 0 Å². The summed E-state index contributed by atoms with van der Waals surface area (Å²) >= 11 is 5.68. The van der Waals surface area contributed by atoms with Gasteiger partial charge in [-0.1, -0.05) is 5.21 Å². The lowest BCUT2D eigenvalue weighted by atomic mass is 10.3. The van der Waals surface area contributed by atoms with Crippen LogP contribution in [0.1, 0.15) is 11.4 Å². The molecule has 0 aliphatic rings. The molecule has 0 saturated carbocycles. The molecule has 0 amide bonds. The number of nitrogens with zero attached hydrogens (tertiary/aromatic N) is 3. The molecule has 0 unspecified atom stereocenters. The fourth-order valence-corrected chi connectivity index (χ4v) is 1.56. The van der Waals surface area contributed by atoms with Crippen molar-refractivity contribution in [3.63, 3.8) is 0 Å². The summed E-state index contributed by atoms with van der Waals surface area (Å²) in [6, 6.07) is 6.07. The van der Waals surface area contributed by atoms with Gasteiger partial charge in [-0.05, 0) is 31.2 Å². The van der Waals surface area contributed by atoms with Gasteiger partial charge in [-0.2, -0.15) is 0 Å². The number of hydrogen-bond acceptors (Lipinski definition) is 2. The SMILES string of the molecule is Cc1c(CCl)nnn1-c1ccc(F)cc1. The molecule has 0 N–H and O–H groups in total. The molecule has 15 heavy (non-hydrogen) atoms. The zero-order valence-corrected chi connectivity index (χ0v) is 8.87. The molecule has 5 heteroatoms. The lowest BCUT2D eigenvalue weighted by Crippen LogP contribution is -1.99. The van der Waals surface area contributed by atoms with E-state index >= 15 is 0 Å². The van der Waals surface area contributed by atoms with Gasteiger partial charge in [-0.25, -0.2) is 9.07 Å². The van der Waals surface area contributed by atoms with Crippen LogP contribution in [0.5, 0.6) is 0 Å². The topological polar surface area (TPSA) is 30.7 Å². The van der Waals surface area contributed by atoms with Crippen LogP contribution >= 0.6 is 11.6 Å². The molecule has 1 aromatic heterocycles. The maximum Gasteiger partial charge on any atom is 0.123 e. The minimum Gasteiger partial charge on any atom is -0.218 e. The number of halogens is 2. The fourth-order valence-electron chi connectivity index (χ4n) is 1.31. The normalized spacial score (nSPS) is 10.6. The fraction of sp³-hybridized carbons (Fsp3) is 0.200. The summed E-state index contributed by atoms with van der Waals surface area (Å²) in [5, 5.41) is 7.87. The summed E-state index contributed by atoms with van der Waals surface area (Å²) in [6.45, 7) is 1.88. The van der Waals surface area contributed by atoms with Gasteiger partial charge in [0.25, 0.3) is 0 Å². The van der Waals surface area contributed by atoms with Crippen molar-refractivity contribution in [3.8, 4) is 5.69 Å². The van der Waals surface area contributed by atoms with E-state index in [9.17, 15) is 4.39 Å². The Morgan fingerprint density at radius 3 is 2.53 bits per heavy atom. The third kappa shape index (κ3) is 1.85. The first-order chi connectivity index (χ1) is 7.22. The lowest BCUT2D eigenvalue weighted by Gasteiger charge is -2.02. The lowest BCUT2D eigenvalue weighted by molar-refractivity contribution is 0.626. The van der Waals surface area contributed by atoms with Gasteiger partial charge in [0.1, 0.15) is 11.5 Å². The maximum atomic E-state index is 12.7. The van der Waals surface area contributed by atoms with Crippen molar-refractivity contribution in [2.24, 2.45) is 0 Å². The Morgan fingerprint density at radius 2 is 2.00 bits per heavy atom. The van der Waals surface area contributed by atoms with Crippen molar-refractivity contribution in [2.45, 2.75) is 12.8 Å². The molecule has 1 heterocycles. The molecule has 1 aromatic carbocycles. The van der Waals surface area contributed by atoms with E-state index in [-0.39, 0.29) is 5.82 Å². The first-order valence-electron chi connectivity index (χ1n) is 4.45. The summed E-state index contributed by atoms with van der Waals surface area (Å²) in [4.78, 5) is 0. The van der Waals surface area contributed by atoms with Crippen LogP contribution in [-0.2, 0) is 5.88 Å². The van der Waals surface area contributed by atoms with Gasteiger partial charge in [0.2, 0.25) is 0 Å². The zero-order chi connectivity index (χ0) is 10.8. The Balaban J connectivity index is 2.45. The van der Waals surface area contributed by atoms with E-state index in [1.165, 1.54) is 12.1 Å². The van der Waals surface area contributed by atoms with E-state index in [1.807, 2.05) is 6.92 Å². The van der Waals surface area contributed by atoms with Crippen LogP contribution in [0.2, 0.25) is 0 Å². The molecule has 0 atom stereocenters. The van der Waals surface area contributed by atoms with Crippen molar-refractivity contribution in [1.29, 1.82) is 0 Å². The molecule has 0 bridgehead atoms. The van der Waals surface area contributed by atoms with Crippen LogP contribution in [0.25, 0.3) is 5.69 Å². The number of alkyl halides is 1. The van der Waals surface area contributed by atoms with Crippen molar-refractivity contribution < 1.29 is 4.39 Å². The molecule has 2 aromatic rings. The summed E-state index contributed by atoms with van der Waals surface area (Å²) in [6.07, 6.45) is 0. The van der Waals surface area contributed by atoms with E-state index in [0.29, 0.717) is 5.88 Å². The van der Waals surface area contributed by atoms with Gasteiger partial charge in [-0.15, -0.1) is 16.7 Å². The van der Waals surface area contributed by atoms with Gasteiger partial charge in [0.05, 0.1) is 17.3 Å². The summed E-state index contributed by atoms with van der Waals surface area (Å²) < 4.78 is 14.3. The van der Waals surface area contributed by atoms with Crippen molar-refractivity contribution in [2.75, 3.05) is 0 Å². The predicted molar refractivity (Wildman–Crippen MR) is 55.6 cm³/mol. The highest BCUT2D eigenvalue weighted by atomic mass is 35.5. The third-order valence-electron chi connectivity index (χ3n) is 2.19. The van der Waals surface area contributed by atoms with Gasteiger partial charge in [0.15, 0.2) is 0 Å². The molecule has 0 spiro atoms. The first-order valence-corrected chi connectivity index (χ1v) is 4.99. The minimum atomic E-state index is -0.269. The Morgan fingerprint density at radius 1 is 1.33 bits per heavy atom. The molecule has 0 fully saturated rings. The van der Waals surface area contributed by atoms with Crippen molar-refractivity contribution in [1.82, 2.24) is 15.0 Å². The predicted octanol–water partition coefficient (Wildman–Crippen LogP) is 2.45. The third-order valence-corrected chi connectivity index (χ3v) is 2.44. The van der Waals surface area contributed by atoms with E-state index in [4.69, 9.17) is 11.6 Å². The Kier molecular flexibility index (Phi) is 2.68. The number of hydrogen-bond donors (Lipinski definition) is 0. The second-order valence-corrected chi connectivity index (χ2v) is 3.41. The second-order valence-electron chi connectivity index (χ2n) is 3.14. The molecule has 0 aliphatic heterocycles. The van der Waals surface area contributed by atoms with E-state index in [0.717, 1.165) is 17.1 Å². The molecule has 78 valence electrons. The molecule has 3 nitrogen and oxygen atoms in total. The first kappa shape index (κ1) is 10.1. The maximum absolute atomic E-state index is 12.7. The average molecular weight is 226 g/mol. The molecular weight excluding hydrogens is 217 g/mol. The molecule has 0 aliphatic carbocycles. The molecule has 0 radical (unpaired) electrons. The quantitative estimate of drug-likeness (QED) is 0.735. The smallest absolute Gasteiger partial charge is 0.123 e. The van der Waals surface area contributed by atoms with Crippen molar-refractivity contribution in [3.05, 3.63) is 41.5 Å². The number of benzene rings is 1. The summed E-state index contributed by atoms with van der Waals surface area (Å²) in [5.74, 6) is 0.0571. The average Bonchev–Trinajstić information content (AvgIpc) is 2.61. The number of aromatic nitrogens is 3. The van der Waals surface area contributed by atoms with Gasteiger partial charge in [0, 0.05) is 0 Å². The Hall–Kier alpha value is -1.42. The van der Waals surface area contributed by atoms with Gasteiger partial charge in [-0.3, -0.25) is 0 Å². The largest absolute Gasteiger partial charge is 0.218 e. The summed E-state index contributed by atoms with van der Waals surface area (Å²) in [5.41, 5.74) is 2.38. The highest BCUT2D eigenvalue weighted by molar-refractivity contribution is 6.16. The van der Waals surface area contributed by atoms with E-state index in [2.05, 4.69) is 10.3 Å². The highest BCUT2D eigenvalue weighted by Crippen LogP contribution is 2.13. The van der Waals surface area contributed by atoms with Crippen LogP contribution in [0.4, 0.5) is 4.39 Å². The molecular formula is C10H9ClFN3. The number of rotatable bonds is 2. The minimum absolute atomic E-state index is 0.269. The molecule has 2 rings (SSSR count). The van der Waals surface area contributed by atoms with Crippen molar-refractivity contribution >= 4 is 11.6 Å². The van der Waals surface area contributed by atoms with E-state index in [1.54, 1.807) is 16.8 Å². The van der Waals surface area contributed by atoms with E-state index < -0.39 is 0 Å². The Bertz CT molecular complexity index is 464. The van der Waals surface area contributed by atoms with Crippen LogP contribution in [-0.4, -0.2) is 15.0 Å². The van der Waals surface area contributed by atoms with Crippen LogP contribution in [0, 0.1) is 12.7 Å². The monoisotopic (exact) mass is 225 g/mol. The van der Waals surface area contributed by atoms with Crippen LogP contribution in [0.3, 0.4) is 0 Å². The van der Waals surface area contributed by atoms with Gasteiger partial charge >= 0.3 is 0 Å². The second kappa shape index (κ2) is 3.98. The highest BCUT2D eigenvalue weighted by Gasteiger charge is 2.08. The van der Waals surface area contributed by atoms with Gasteiger partial charge < -0.3 is 0 Å².